The van der Waals surface area contributed by atoms with Gasteiger partial charge < -0.3 is 10.1 Å². The number of ether oxygens (including phenoxy) is 1. The van der Waals surface area contributed by atoms with Crippen molar-refractivity contribution < 1.29 is 26.4 Å². The topological polar surface area (TPSA) is 122 Å². The Labute approximate surface area is 230 Å². The lowest BCUT2D eigenvalue weighted by molar-refractivity contribution is -0.123. The van der Waals surface area contributed by atoms with E-state index in [4.69, 9.17) is 4.74 Å². The Morgan fingerprint density at radius 1 is 0.872 bits per heavy atom. The first-order valence-electron chi connectivity index (χ1n) is 12.7. The van der Waals surface area contributed by atoms with Crippen molar-refractivity contribution in [2.75, 3.05) is 31.0 Å². The molecule has 1 fully saturated rings. The number of nitrogens with zero attached hydrogens (tertiary/aromatic N) is 1. The van der Waals surface area contributed by atoms with Gasteiger partial charge in [0.05, 0.1) is 9.79 Å². The first-order valence-corrected chi connectivity index (χ1v) is 15.7. The van der Waals surface area contributed by atoms with Crippen LogP contribution in [0.5, 0.6) is 5.75 Å². The van der Waals surface area contributed by atoms with Crippen LogP contribution in [-0.2, 0) is 31.3 Å². The molecule has 1 aliphatic rings. The van der Waals surface area contributed by atoms with Crippen LogP contribution >= 0.6 is 0 Å². The molecule has 3 aromatic carbocycles. The number of carbonyl (C=O) groups excluding carboxylic acids is 1. The average Bonchev–Trinajstić information content (AvgIpc) is 3.46. The summed E-state index contributed by atoms with van der Waals surface area (Å²) in [7, 11) is -7.21. The highest BCUT2D eigenvalue weighted by Crippen LogP contribution is 2.24. The van der Waals surface area contributed by atoms with Gasteiger partial charge in [-0.25, -0.2) is 16.8 Å². The van der Waals surface area contributed by atoms with E-state index in [-0.39, 0.29) is 22.3 Å². The number of benzene rings is 3. The third-order valence-electron chi connectivity index (χ3n) is 6.48. The van der Waals surface area contributed by atoms with Crippen LogP contribution in [-0.4, -0.2) is 53.3 Å². The van der Waals surface area contributed by atoms with E-state index in [0.717, 1.165) is 24.0 Å². The summed E-state index contributed by atoms with van der Waals surface area (Å²) in [5, 5.41) is 2.78. The Balaban J connectivity index is 1.24. The second-order valence-electron chi connectivity index (χ2n) is 9.54. The van der Waals surface area contributed by atoms with Gasteiger partial charge in [-0.3, -0.25) is 9.52 Å². The number of anilines is 1. The van der Waals surface area contributed by atoms with Crippen LogP contribution in [0.1, 0.15) is 29.5 Å². The minimum Gasteiger partial charge on any atom is -0.484 e. The predicted octanol–water partition coefficient (Wildman–Crippen LogP) is 3.63. The van der Waals surface area contributed by atoms with Gasteiger partial charge in [-0.1, -0.05) is 29.8 Å². The van der Waals surface area contributed by atoms with Gasteiger partial charge in [0.25, 0.3) is 15.9 Å². The van der Waals surface area contributed by atoms with Crippen LogP contribution in [0, 0.1) is 13.8 Å². The summed E-state index contributed by atoms with van der Waals surface area (Å²) < 4.78 is 60.4. The van der Waals surface area contributed by atoms with E-state index in [1.54, 1.807) is 43.3 Å². The first kappa shape index (κ1) is 28.6. The Morgan fingerprint density at radius 2 is 1.51 bits per heavy atom. The molecule has 0 spiro atoms. The van der Waals surface area contributed by atoms with E-state index in [2.05, 4.69) is 10.0 Å². The summed E-state index contributed by atoms with van der Waals surface area (Å²) in [6.07, 6.45) is 2.31. The van der Waals surface area contributed by atoms with E-state index in [1.165, 1.54) is 22.5 Å². The molecular formula is C28H33N3O6S2. The van der Waals surface area contributed by atoms with Crippen LogP contribution in [0.3, 0.4) is 0 Å². The van der Waals surface area contributed by atoms with Gasteiger partial charge in [0, 0.05) is 25.3 Å². The monoisotopic (exact) mass is 571 g/mol. The zero-order valence-electron chi connectivity index (χ0n) is 22.0. The van der Waals surface area contributed by atoms with E-state index in [0.29, 0.717) is 43.1 Å². The highest BCUT2D eigenvalue weighted by molar-refractivity contribution is 7.92. The molecule has 0 saturated carbocycles. The van der Waals surface area contributed by atoms with Crippen LogP contribution in [0.15, 0.2) is 76.5 Å². The lowest BCUT2D eigenvalue weighted by atomic mass is 10.1. The summed E-state index contributed by atoms with van der Waals surface area (Å²) in [5.41, 5.74) is 2.99. The van der Waals surface area contributed by atoms with E-state index in [1.807, 2.05) is 19.1 Å². The summed E-state index contributed by atoms with van der Waals surface area (Å²) in [6, 6.07) is 18.2. The Kier molecular flexibility index (Phi) is 8.94. The smallest absolute Gasteiger partial charge is 0.261 e. The van der Waals surface area contributed by atoms with Crippen molar-refractivity contribution in [3.05, 3.63) is 83.4 Å². The van der Waals surface area contributed by atoms with Crippen molar-refractivity contribution in [1.82, 2.24) is 9.62 Å². The van der Waals surface area contributed by atoms with E-state index < -0.39 is 20.0 Å². The van der Waals surface area contributed by atoms with E-state index in [9.17, 15) is 21.6 Å². The van der Waals surface area contributed by atoms with Crippen molar-refractivity contribution in [1.29, 1.82) is 0 Å². The quantitative estimate of drug-likeness (QED) is 0.363. The van der Waals surface area contributed by atoms with E-state index >= 15 is 0 Å². The summed E-state index contributed by atoms with van der Waals surface area (Å²) in [6.45, 7) is 4.90. The molecule has 1 saturated heterocycles. The number of sulfonamides is 2. The Hall–Kier alpha value is -3.41. The van der Waals surface area contributed by atoms with Gasteiger partial charge in [-0.2, -0.15) is 4.31 Å². The lowest BCUT2D eigenvalue weighted by Crippen LogP contribution is -2.30. The van der Waals surface area contributed by atoms with Crippen molar-refractivity contribution in [2.24, 2.45) is 0 Å². The lowest BCUT2D eigenvalue weighted by Gasteiger charge is -2.15. The fourth-order valence-electron chi connectivity index (χ4n) is 4.23. The molecule has 0 aliphatic carbocycles. The number of nitrogens with one attached hydrogen (secondary N) is 2. The molecule has 208 valence electrons. The second kappa shape index (κ2) is 12.2. The maximum absolute atomic E-state index is 12.7. The number of hydrogen-bond donors (Lipinski definition) is 2. The zero-order chi connectivity index (χ0) is 28.0. The molecule has 0 aromatic heterocycles. The maximum Gasteiger partial charge on any atom is 0.261 e. The van der Waals surface area contributed by atoms with Crippen LogP contribution in [0.2, 0.25) is 0 Å². The molecule has 4 rings (SSSR count). The third kappa shape index (κ3) is 7.37. The van der Waals surface area contributed by atoms with Crippen LogP contribution < -0.4 is 14.8 Å². The van der Waals surface area contributed by atoms with Gasteiger partial charge in [0.2, 0.25) is 10.0 Å². The zero-order valence-corrected chi connectivity index (χ0v) is 23.6. The minimum absolute atomic E-state index is 0.0941. The normalized spacial score (nSPS) is 14.2. The number of carbonyl (C=O) groups is 1. The van der Waals surface area contributed by atoms with Gasteiger partial charge in [0.15, 0.2) is 6.61 Å². The SMILES string of the molecule is Cc1ccc(NS(=O)(=O)c2ccc(OCC(=O)NCCc3ccc(S(=O)(=O)N4CCCC4)cc3)c(C)c2)cc1. The molecule has 39 heavy (non-hydrogen) atoms. The van der Waals surface area contributed by atoms with Gasteiger partial charge in [-0.05, 0) is 86.7 Å². The number of amides is 1. The number of hydrogen-bond acceptors (Lipinski definition) is 6. The second-order valence-corrected chi connectivity index (χ2v) is 13.2. The van der Waals surface area contributed by atoms with Gasteiger partial charge in [0.1, 0.15) is 5.75 Å². The van der Waals surface area contributed by atoms with Gasteiger partial charge >= 0.3 is 0 Å². The molecular weight excluding hydrogens is 538 g/mol. The molecule has 0 radical (unpaired) electrons. The fraction of sp³-hybridized carbons (Fsp3) is 0.321. The minimum atomic E-state index is -3.77. The Morgan fingerprint density at radius 3 is 2.15 bits per heavy atom. The van der Waals surface area contributed by atoms with Gasteiger partial charge in [-0.15, -0.1) is 0 Å². The molecule has 1 heterocycles. The maximum atomic E-state index is 12.7. The highest BCUT2D eigenvalue weighted by atomic mass is 32.2. The standard InChI is InChI=1S/C28H33N3O6S2/c1-21-5-9-24(10-6-21)30-38(33,34)26-13-14-27(22(2)19-26)37-20-28(32)29-16-15-23-7-11-25(12-8-23)39(35,36)31-17-3-4-18-31/h5-14,19,30H,3-4,15-18,20H2,1-2H3,(H,29,32). The third-order valence-corrected chi connectivity index (χ3v) is 9.77. The average molecular weight is 572 g/mol. The van der Waals surface area contributed by atoms with Crippen molar-refractivity contribution in [3.63, 3.8) is 0 Å². The van der Waals surface area contributed by atoms with Crippen molar-refractivity contribution in [2.45, 2.75) is 42.9 Å². The molecule has 1 amide bonds. The molecule has 11 heteroatoms. The summed E-state index contributed by atoms with van der Waals surface area (Å²) >= 11 is 0. The molecule has 9 nitrogen and oxygen atoms in total. The molecule has 2 N–H and O–H groups in total. The van der Waals surface area contributed by atoms with Crippen LogP contribution in [0.25, 0.3) is 0 Å². The Bertz CT molecular complexity index is 1510. The van der Waals surface area contributed by atoms with Crippen molar-refractivity contribution in [3.8, 4) is 5.75 Å². The number of aryl methyl sites for hydroxylation is 2. The number of rotatable bonds is 11. The predicted molar refractivity (Wildman–Crippen MR) is 150 cm³/mol. The fourth-order valence-corrected chi connectivity index (χ4v) is 6.89. The first-order chi connectivity index (χ1) is 18.5. The summed E-state index contributed by atoms with van der Waals surface area (Å²) in [4.78, 5) is 12.7. The molecule has 0 unspecified atom stereocenters. The summed E-state index contributed by atoms with van der Waals surface area (Å²) in [5.74, 6) is 0.0922. The van der Waals surface area contributed by atoms with Crippen LogP contribution in [0.4, 0.5) is 5.69 Å². The molecule has 1 aliphatic heterocycles. The highest BCUT2D eigenvalue weighted by Gasteiger charge is 2.26. The molecule has 0 bridgehead atoms. The largest absolute Gasteiger partial charge is 0.484 e. The molecule has 0 atom stereocenters. The van der Waals surface area contributed by atoms with Crippen molar-refractivity contribution >= 4 is 31.6 Å². The molecule has 3 aromatic rings.